The number of benzene rings is 6. The highest BCUT2D eigenvalue weighted by Crippen LogP contribution is 2.49. The van der Waals surface area contributed by atoms with Gasteiger partial charge in [-0.25, -0.2) is 0 Å². The van der Waals surface area contributed by atoms with Crippen LogP contribution < -0.4 is 0 Å². The lowest BCUT2D eigenvalue weighted by atomic mass is 9.93. The van der Waals surface area contributed by atoms with Gasteiger partial charge in [-0.2, -0.15) is 0 Å². The largest absolute Gasteiger partial charge is 0.335 e. The van der Waals surface area contributed by atoms with Crippen LogP contribution >= 0.6 is 0 Å². The van der Waals surface area contributed by atoms with Gasteiger partial charge in [0.05, 0.1) is 11.4 Å². The minimum Gasteiger partial charge on any atom is -0.335 e. The molecule has 6 aromatic carbocycles. The molecule has 0 saturated carbocycles. The highest BCUT2D eigenvalue weighted by Gasteiger charge is 2.27. The van der Waals surface area contributed by atoms with E-state index in [0.717, 1.165) is 13.1 Å². The summed E-state index contributed by atoms with van der Waals surface area (Å²) < 4.78 is 5.04. The van der Waals surface area contributed by atoms with E-state index >= 15 is 0 Å². The first-order valence-corrected chi connectivity index (χ1v) is 15.3. The number of nitrogens with zero attached hydrogens (tertiary/aromatic N) is 2. The fourth-order valence-corrected chi connectivity index (χ4v) is 6.77. The van der Waals surface area contributed by atoms with Crippen LogP contribution in [-0.2, 0) is 13.1 Å². The normalized spacial score (nSPS) is 11.4. The van der Waals surface area contributed by atoms with Gasteiger partial charge in [-0.15, -0.1) is 0 Å². The number of fused-ring (bicyclic) bond motifs is 2. The number of rotatable bonds is 7. The monoisotopic (exact) mass is 564 g/mol. The van der Waals surface area contributed by atoms with E-state index in [0.29, 0.717) is 0 Å². The molecule has 0 aliphatic rings. The molecule has 2 nitrogen and oxygen atoms in total. The maximum atomic E-state index is 2.52. The summed E-state index contributed by atoms with van der Waals surface area (Å²) in [6.07, 6.45) is 0. The fourth-order valence-electron chi connectivity index (χ4n) is 6.77. The van der Waals surface area contributed by atoms with Crippen LogP contribution in [0.5, 0.6) is 0 Å². The SMILES string of the molecule is c1ccc(Cn2c(-c3ccccc3)c(-c3c(-c4ccccc4)n(Cc4ccccc4)c4ccccc34)c3ccccc32)cc1. The van der Waals surface area contributed by atoms with Crippen molar-refractivity contribution in [2.75, 3.05) is 0 Å². The summed E-state index contributed by atoms with van der Waals surface area (Å²) in [5.41, 5.74) is 12.5. The maximum Gasteiger partial charge on any atom is 0.0575 e. The van der Waals surface area contributed by atoms with E-state index in [-0.39, 0.29) is 0 Å². The Morgan fingerprint density at radius 3 is 1.02 bits per heavy atom. The van der Waals surface area contributed by atoms with Gasteiger partial charge in [-0.05, 0) is 34.4 Å². The molecule has 2 heterocycles. The van der Waals surface area contributed by atoms with Crippen molar-refractivity contribution < 1.29 is 0 Å². The number of hydrogen-bond acceptors (Lipinski definition) is 0. The molecule has 44 heavy (non-hydrogen) atoms. The van der Waals surface area contributed by atoms with Crippen LogP contribution in [0.3, 0.4) is 0 Å². The summed E-state index contributed by atoms with van der Waals surface area (Å²) in [4.78, 5) is 0. The van der Waals surface area contributed by atoms with Crippen LogP contribution in [0.2, 0.25) is 0 Å². The lowest BCUT2D eigenvalue weighted by Crippen LogP contribution is -2.03. The number of hydrogen-bond donors (Lipinski definition) is 0. The number of para-hydroxylation sites is 2. The zero-order valence-electron chi connectivity index (χ0n) is 24.5. The van der Waals surface area contributed by atoms with Crippen molar-refractivity contribution in [2.45, 2.75) is 13.1 Å². The zero-order chi connectivity index (χ0) is 29.3. The summed E-state index contributed by atoms with van der Waals surface area (Å²) in [5.74, 6) is 0. The smallest absolute Gasteiger partial charge is 0.0575 e. The number of aromatic nitrogens is 2. The summed E-state index contributed by atoms with van der Waals surface area (Å²) >= 11 is 0. The van der Waals surface area contributed by atoms with Crippen LogP contribution in [-0.4, -0.2) is 9.13 Å². The van der Waals surface area contributed by atoms with Gasteiger partial charge in [0.15, 0.2) is 0 Å². The van der Waals surface area contributed by atoms with Gasteiger partial charge < -0.3 is 9.13 Å². The van der Waals surface area contributed by atoms with Gasteiger partial charge in [0.2, 0.25) is 0 Å². The minimum absolute atomic E-state index is 0.787. The molecule has 210 valence electrons. The van der Waals surface area contributed by atoms with Crippen LogP contribution in [0.1, 0.15) is 11.1 Å². The molecule has 0 aliphatic heterocycles. The molecule has 0 spiro atoms. The lowest BCUT2D eigenvalue weighted by Gasteiger charge is -2.16. The van der Waals surface area contributed by atoms with Crippen LogP contribution in [0.25, 0.3) is 55.4 Å². The van der Waals surface area contributed by atoms with Gasteiger partial charge >= 0.3 is 0 Å². The Hall–Kier alpha value is -5.60. The van der Waals surface area contributed by atoms with Crippen molar-refractivity contribution in [2.24, 2.45) is 0 Å². The Morgan fingerprint density at radius 1 is 0.318 bits per heavy atom. The van der Waals surface area contributed by atoms with E-state index in [1.165, 1.54) is 66.6 Å². The molecule has 2 heteroatoms. The molecule has 8 rings (SSSR count). The zero-order valence-corrected chi connectivity index (χ0v) is 24.5. The first-order valence-electron chi connectivity index (χ1n) is 15.3. The molecule has 0 aliphatic carbocycles. The van der Waals surface area contributed by atoms with Crippen LogP contribution in [0.4, 0.5) is 0 Å². The molecular weight excluding hydrogens is 532 g/mol. The molecule has 0 unspecified atom stereocenters. The van der Waals surface area contributed by atoms with Crippen molar-refractivity contribution in [3.8, 4) is 33.6 Å². The Kier molecular flexibility index (Phi) is 6.66. The maximum absolute atomic E-state index is 2.52. The average Bonchev–Trinajstić information content (AvgIpc) is 3.58. The molecule has 0 atom stereocenters. The third kappa shape index (κ3) is 4.53. The quantitative estimate of drug-likeness (QED) is 0.182. The summed E-state index contributed by atoms with van der Waals surface area (Å²) in [6.45, 7) is 1.57. The first kappa shape index (κ1) is 26.1. The fraction of sp³-hybridized carbons (Fsp3) is 0.0476. The standard InChI is InChI=1S/C42H32N2/c1-5-17-31(18-6-1)29-43-37-27-15-13-25-35(37)39(41(43)33-21-9-3-10-22-33)40-36-26-14-16-28-38(36)44(30-32-19-7-2-8-20-32)42(40)34-23-11-4-12-24-34/h1-28H,29-30H2. The summed E-state index contributed by atoms with van der Waals surface area (Å²) in [7, 11) is 0. The molecule has 2 aromatic heterocycles. The Balaban J connectivity index is 1.52. The summed E-state index contributed by atoms with van der Waals surface area (Å²) in [6, 6.07) is 61.3. The Bertz CT molecular complexity index is 2030. The molecule has 0 bridgehead atoms. The molecule has 0 saturated heterocycles. The second-order valence-corrected chi connectivity index (χ2v) is 11.4. The van der Waals surface area contributed by atoms with Gasteiger partial charge in [-0.1, -0.05) is 158 Å². The highest BCUT2D eigenvalue weighted by atomic mass is 15.0. The third-order valence-corrected chi connectivity index (χ3v) is 8.65. The summed E-state index contributed by atoms with van der Waals surface area (Å²) in [5, 5.41) is 2.53. The van der Waals surface area contributed by atoms with Crippen molar-refractivity contribution in [3.63, 3.8) is 0 Å². The van der Waals surface area contributed by atoms with E-state index in [4.69, 9.17) is 0 Å². The second-order valence-electron chi connectivity index (χ2n) is 11.4. The molecule has 0 fully saturated rings. The van der Waals surface area contributed by atoms with E-state index in [1.54, 1.807) is 0 Å². The molecule has 0 N–H and O–H groups in total. The van der Waals surface area contributed by atoms with Gasteiger partial charge in [0.25, 0.3) is 0 Å². The molecule has 0 amide bonds. The molecular formula is C42H32N2. The van der Waals surface area contributed by atoms with Gasteiger partial charge in [0.1, 0.15) is 0 Å². The third-order valence-electron chi connectivity index (χ3n) is 8.65. The van der Waals surface area contributed by atoms with Crippen molar-refractivity contribution in [3.05, 3.63) is 181 Å². The van der Waals surface area contributed by atoms with Crippen molar-refractivity contribution in [1.29, 1.82) is 0 Å². The van der Waals surface area contributed by atoms with E-state index in [1.807, 2.05) is 0 Å². The lowest BCUT2D eigenvalue weighted by molar-refractivity contribution is 0.843. The van der Waals surface area contributed by atoms with Gasteiger partial charge in [-0.3, -0.25) is 0 Å². The average molecular weight is 565 g/mol. The Labute approximate surface area is 258 Å². The van der Waals surface area contributed by atoms with E-state index in [9.17, 15) is 0 Å². The topological polar surface area (TPSA) is 9.86 Å². The predicted molar refractivity (Wildman–Crippen MR) is 185 cm³/mol. The van der Waals surface area contributed by atoms with Crippen LogP contribution in [0.15, 0.2) is 170 Å². The van der Waals surface area contributed by atoms with Crippen LogP contribution in [0, 0.1) is 0 Å². The second kappa shape index (κ2) is 11.2. The Morgan fingerprint density at radius 2 is 0.636 bits per heavy atom. The minimum atomic E-state index is 0.787. The highest BCUT2D eigenvalue weighted by molar-refractivity contribution is 6.15. The van der Waals surface area contributed by atoms with Gasteiger partial charge in [0, 0.05) is 46.0 Å². The van der Waals surface area contributed by atoms with Crippen molar-refractivity contribution in [1.82, 2.24) is 9.13 Å². The first-order chi connectivity index (χ1) is 21.9. The van der Waals surface area contributed by atoms with E-state index in [2.05, 4.69) is 179 Å². The molecule has 0 radical (unpaired) electrons. The van der Waals surface area contributed by atoms with Crippen molar-refractivity contribution >= 4 is 21.8 Å². The van der Waals surface area contributed by atoms with E-state index < -0.39 is 0 Å². The molecule has 8 aromatic rings. The predicted octanol–water partition coefficient (Wildman–Crippen LogP) is 10.7.